The van der Waals surface area contributed by atoms with Crippen LogP contribution < -0.4 is 0 Å². The molecule has 0 aliphatic carbocycles. The van der Waals surface area contributed by atoms with E-state index in [1.165, 1.54) is 42.5 Å². The first-order chi connectivity index (χ1) is 9.85. The summed E-state index contributed by atoms with van der Waals surface area (Å²) in [6.45, 7) is 0. The lowest BCUT2D eigenvalue weighted by molar-refractivity contribution is 0.0696. The van der Waals surface area contributed by atoms with Gasteiger partial charge in [-0.15, -0.1) is 0 Å². The van der Waals surface area contributed by atoms with Crippen molar-refractivity contribution in [3.8, 4) is 0 Å². The van der Waals surface area contributed by atoms with Crippen LogP contribution in [-0.4, -0.2) is 19.5 Å². The van der Waals surface area contributed by atoms with Crippen LogP contribution in [-0.2, 0) is 21.3 Å². The van der Waals surface area contributed by atoms with Crippen molar-refractivity contribution in [3.63, 3.8) is 0 Å². The van der Waals surface area contributed by atoms with Crippen LogP contribution in [0.15, 0.2) is 48.5 Å². The topological polar surface area (TPSA) is 71.4 Å². The molecule has 0 aromatic heterocycles. The Morgan fingerprint density at radius 1 is 1.00 bits per heavy atom. The van der Waals surface area contributed by atoms with E-state index in [2.05, 4.69) is 0 Å². The maximum Gasteiger partial charge on any atom is 0.335 e. The molecule has 0 aliphatic rings. The third kappa shape index (κ3) is 4.39. The van der Waals surface area contributed by atoms with E-state index < -0.39 is 21.6 Å². The fourth-order valence-electron chi connectivity index (χ4n) is 1.93. The average Bonchev–Trinajstić information content (AvgIpc) is 2.41. The minimum atomic E-state index is -3.46. The molecule has 0 unspecified atom stereocenters. The molecule has 0 bridgehead atoms. The van der Waals surface area contributed by atoms with Crippen LogP contribution in [0.3, 0.4) is 0 Å². The maximum atomic E-state index is 12.8. The third-order valence-electron chi connectivity index (χ3n) is 2.86. The number of hydrogen-bond acceptors (Lipinski definition) is 3. The monoisotopic (exact) mass is 308 g/mol. The highest BCUT2D eigenvalue weighted by Gasteiger charge is 2.14. The van der Waals surface area contributed by atoms with Crippen LogP contribution in [0, 0.1) is 5.82 Å². The summed E-state index contributed by atoms with van der Waals surface area (Å²) in [6.07, 6.45) is 0. The molecule has 0 heterocycles. The summed E-state index contributed by atoms with van der Waals surface area (Å²) in [4.78, 5) is 10.9. The van der Waals surface area contributed by atoms with Crippen LogP contribution >= 0.6 is 0 Å². The second-order valence-electron chi connectivity index (χ2n) is 4.66. The summed E-state index contributed by atoms with van der Waals surface area (Å²) in [6, 6.07) is 11.1. The van der Waals surface area contributed by atoms with Gasteiger partial charge in [0, 0.05) is 0 Å². The van der Waals surface area contributed by atoms with Crippen molar-refractivity contribution in [2.75, 3.05) is 0 Å². The van der Waals surface area contributed by atoms with Gasteiger partial charge in [0.1, 0.15) is 5.82 Å². The number of hydrogen-bond donors (Lipinski definition) is 1. The molecule has 110 valence electrons. The molecule has 0 atom stereocenters. The van der Waals surface area contributed by atoms with Gasteiger partial charge in [0.2, 0.25) is 0 Å². The van der Waals surface area contributed by atoms with Gasteiger partial charge >= 0.3 is 5.97 Å². The molecule has 21 heavy (non-hydrogen) atoms. The highest BCUT2D eigenvalue weighted by atomic mass is 32.2. The molecule has 4 nitrogen and oxygen atoms in total. The number of carboxylic acid groups (broad SMARTS) is 1. The van der Waals surface area contributed by atoms with Crippen LogP contribution in [0.1, 0.15) is 21.5 Å². The Bertz CT molecular complexity index is 751. The SMILES string of the molecule is O=C(O)c1cccc(CS(=O)(=O)Cc2ccc(F)cc2)c1. The van der Waals surface area contributed by atoms with E-state index in [4.69, 9.17) is 5.11 Å². The summed E-state index contributed by atoms with van der Waals surface area (Å²) in [7, 11) is -3.46. The molecule has 0 aliphatic heterocycles. The molecule has 1 N–H and O–H groups in total. The zero-order valence-electron chi connectivity index (χ0n) is 11.0. The van der Waals surface area contributed by atoms with Gasteiger partial charge in [-0.05, 0) is 35.4 Å². The van der Waals surface area contributed by atoms with Gasteiger partial charge in [0.15, 0.2) is 9.84 Å². The first-order valence-electron chi connectivity index (χ1n) is 6.13. The van der Waals surface area contributed by atoms with Gasteiger partial charge in [0.05, 0.1) is 17.1 Å². The molecule has 2 rings (SSSR count). The molecule has 0 saturated carbocycles. The number of carbonyl (C=O) groups is 1. The number of sulfone groups is 1. The fourth-order valence-corrected chi connectivity index (χ4v) is 3.42. The van der Waals surface area contributed by atoms with Gasteiger partial charge in [-0.1, -0.05) is 24.3 Å². The molecule has 0 amide bonds. The fraction of sp³-hybridized carbons (Fsp3) is 0.133. The lowest BCUT2D eigenvalue weighted by atomic mass is 10.1. The van der Waals surface area contributed by atoms with Crippen LogP contribution in [0.4, 0.5) is 4.39 Å². The van der Waals surface area contributed by atoms with E-state index in [0.29, 0.717) is 11.1 Å². The summed E-state index contributed by atoms with van der Waals surface area (Å²) >= 11 is 0. The molecule has 0 spiro atoms. The number of rotatable bonds is 5. The summed E-state index contributed by atoms with van der Waals surface area (Å²) in [5, 5.41) is 8.88. The summed E-state index contributed by atoms with van der Waals surface area (Å²) in [5.41, 5.74) is 0.951. The summed E-state index contributed by atoms with van der Waals surface area (Å²) < 4.78 is 37.0. The Kier molecular flexibility index (Phi) is 4.37. The predicted molar refractivity (Wildman–Crippen MR) is 76.1 cm³/mol. The quantitative estimate of drug-likeness (QED) is 0.921. The van der Waals surface area contributed by atoms with Crippen molar-refractivity contribution >= 4 is 15.8 Å². The smallest absolute Gasteiger partial charge is 0.335 e. The Morgan fingerprint density at radius 2 is 1.62 bits per heavy atom. The molecule has 0 radical (unpaired) electrons. The highest BCUT2D eigenvalue weighted by Crippen LogP contribution is 2.14. The largest absolute Gasteiger partial charge is 0.478 e. The van der Waals surface area contributed by atoms with E-state index in [-0.39, 0.29) is 17.1 Å². The number of carboxylic acids is 1. The van der Waals surface area contributed by atoms with Gasteiger partial charge < -0.3 is 5.11 Å². The molecular weight excluding hydrogens is 295 g/mol. The van der Waals surface area contributed by atoms with Crippen molar-refractivity contribution in [3.05, 3.63) is 71.0 Å². The lowest BCUT2D eigenvalue weighted by Crippen LogP contribution is -2.08. The Hall–Kier alpha value is -2.21. The van der Waals surface area contributed by atoms with Gasteiger partial charge in [-0.3, -0.25) is 0 Å². The van der Waals surface area contributed by atoms with Crippen LogP contribution in [0.2, 0.25) is 0 Å². The van der Waals surface area contributed by atoms with Gasteiger partial charge in [-0.25, -0.2) is 17.6 Å². The van der Waals surface area contributed by atoms with E-state index in [1.807, 2.05) is 0 Å². The third-order valence-corrected chi connectivity index (χ3v) is 4.41. The normalized spacial score (nSPS) is 11.3. The van der Waals surface area contributed by atoms with Crippen molar-refractivity contribution in [2.24, 2.45) is 0 Å². The minimum Gasteiger partial charge on any atom is -0.478 e. The molecule has 0 fully saturated rings. The van der Waals surface area contributed by atoms with E-state index in [1.54, 1.807) is 6.07 Å². The van der Waals surface area contributed by atoms with Gasteiger partial charge in [0.25, 0.3) is 0 Å². The number of aromatic carboxylic acids is 1. The second-order valence-corrected chi connectivity index (χ2v) is 6.73. The van der Waals surface area contributed by atoms with Gasteiger partial charge in [-0.2, -0.15) is 0 Å². The average molecular weight is 308 g/mol. The Morgan fingerprint density at radius 3 is 2.24 bits per heavy atom. The molecule has 2 aromatic rings. The maximum absolute atomic E-state index is 12.8. The van der Waals surface area contributed by atoms with Crippen molar-refractivity contribution in [1.82, 2.24) is 0 Å². The summed E-state index contributed by atoms with van der Waals surface area (Å²) in [5.74, 6) is -2.01. The number of benzene rings is 2. The Labute approximate surface area is 121 Å². The first kappa shape index (κ1) is 15.2. The zero-order chi connectivity index (χ0) is 15.5. The first-order valence-corrected chi connectivity index (χ1v) is 7.95. The van der Waals surface area contributed by atoms with Crippen molar-refractivity contribution < 1.29 is 22.7 Å². The van der Waals surface area contributed by atoms with E-state index >= 15 is 0 Å². The van der Waals surface area contributed by atoms with E-state index in [9.17, 15) is 17.6 Å². The standard InChI is InChI=1S/C15H13FO4S/c16-14-6-4-11(5-7-14)9-21(19,20)10-12-2-1-3-13(8-12)15(17)18/h1-8H,9-10H2,(H,17,18). The van der Waals surface area contributed by atoms with Crippen LogP contribution in [0.25, 0.3) is 0 Å². The van der Waals surface area contributed by atoms with Crippen molar-refractivity contribution in [1.29, 1.82) is 0 Å². The molecular formula is C15H13FO4S. The molecule has 0 saturated heterocycles. The van der Waals surface area contributed by atoms with Crippen LogP contribution in [0.5, 0.6) is 0 Å². The lowest BCUT2D eigenvalue weighted by Gasteiger charge is -2.06. The molecule has 2 aromatic carbocycles. The minimum absolute atomic E-state index is 0.0458. The highest BCUT2D eigenvalue weighted by molar-refractivity contribution is 7.89. The zero-order valence-corrected chi connectivity index (χ0v) is 11.8. The molecule has 6 heteroatoms. The van der Waals surface area contributed by atoms with E-state index in [0.717, 1.165) is 0 Å². The second kappa shape index (κ2) is 6.05. The number of halogens is 1. The van der Waals surface area contributed by atoms with Crippen molar-refractivity contribution in [2.45, 2.75) is 11.5 Å². The predicted octanol–water partition coefficient (Wildman–Crippen LogP) is 2.64. The Balaban J connectivity index is 2.15.